The lowest BCUT2D eigenvalue weighted by Crippen LogP contribution is -2.44. The van der Waals surface area contributed by atoms with Crippen LogP contribution >= 0.6 is 11.6 Å². The van der Waals surface area contributed by atoms with Crippen molar-refractivity contribution in [3.63, 3.8) is 0 Å². The van der Waals surface area contributed by atoms with Gasteiger partial charge in [0.25, 0.3) is 0 Å². The Morgan fingerprint density at radius 2 is 2.17 bits per heavy atom. The molecule has 158 valence electrons. The van der Waals surface area contributed by atoms with Crippen molar-refractivity contribution in [3.8, 4) is 11.4 Å². The molecule has 3 aliphatic rings. The van der Waals surface area contributed by atoms with Gasteiger partial charge in [0.15, 0.2) is 5.82 Å². The van der Waals surface area contributed by atoms with Crippen molar-refractivity contribution >= 4 is 33.2 Å². The van der Waals surface area contributed by atoms with Gasteiger partial charge in [-0.15, -0.1) is 0 Å². The van der Waals surface area contributed by atoms with Crippen molar-refractivity contribution in [2.24, 2.45) is 0 Å². The van der Waals surface area contributed by atoms with Crippen molar-refractivity contribution in [1.29, 1.82) is 4.78 Å². The lowest BCUT2D eigenvalue weighted by Gasteiger charge is -2.34. The molecule has 30 heavy (non-hydrogen) atoms. The maximum absolute atomic E-state index is 12.9. The number of nitrogens with zero attached hydrogens (tertiary/aromatic N) is 4. The van der Waals surface area contributed by atoms with Crippen molar-refractivity contribution in [3.05, 3.63) is 40.3 Å². The molecule has 2 unspecified atom stereocenters. The van der Waals surface area contributed by atoms with Crippen molar-refractivity contribution in [1.82, 2.24) is 15.0 Å². The summed E-state index contributed by atoms with van der Waals surface area (Å²) in [5.41, 5.74) is 3.42. The van der Waals surface area contributed by atoms with E-state index in [1.807, 2.05) is 12.1 Å². The minimum absolute atomic E-state index is 0.171. The van der Waals surface area contributed by atoms with Gasteiger partial charge in [0.05, 0.1) is 45.6 Å². The zero-order valence-corrected chi connectivity index (χ0v) is 18.4. The van der Waals surface area contributed by atoms with Gasteiger partial charge in [0.2, 0.25) is 0 Å². The van der Waals surface area contributed by atoms with Gasteiger partial charge in [-0.1, -0.05) is 23.8 Å². The average Bonchev–Trinajstić information content (AvgIpc) is 3.32. The second kappa shape index (κ2) is 7.59. The van der Waals surface area contributed by atoms with Crippen LogP contribution in [0.2, 0.25) is 5.15 Å². The maximum Gasteiger partial charge on any atom is 0.162 e. The molecule has 0 bridgehead atoms. The van der Waals surface area contributed by atoms with E-state index >= 15 is 0 Å². The first-order chi connectivity index (χ1) is 14.4. The number of ether oxygens (including phenoxy) is 1. The Morgan fingerprint density at radius 3 is 2.93 bits per heavy atom. The summed E-state index contributed by atoms with van der Waals surface area (Å²) in [6.45, 7) is 4.10. The topological polar surface area (TPSA) is 92.1 Å². The Morgan fingerprint density at radius 1 is 1.30 bits per heavy atom. The highest BCUT2D eigenvalue weighted by atomic mass is 35.5. The SMILES string of the molecule is C[C@@H]1COCCN1c1cc(C2CCCS2(=N)=O)nc(-c2cc(Cl)nc3c2C=CC3)n1. The van der Waals surface area contributed by atoms with Gasteiger partial charge in [-0.25, -0.2) is 19.2 Å². The number of rotatable bonds is 3. The molecule has 9 heteroatoms. The van der Waals surface area contributed by atoms with E-state index in [4.69, 9.17) is 31.1 Å². The number of pyridine rings is 1. The molecule has 2 saturated heterocycles. The van der Waals surface area contributed by atoms with Crippen LogP contribution in [0.1, 0.15) is 42.0 Å². The molecular weight excluding hydrogens is 422 g/mol. The summed E-state index contributed by atoms with van der Waals surface area (Å²) >= 11 is 6.30. The molecular formula is C21H24ClN5O2S. The van der Waals surface area contributed by atoms with E-state index in [9.17, 15) is 4.21 Å². The summed E-state index contributed by atoms with van der Waals surface area (Å²) < 4.78 is 26.8. The molecule has 2 fully saturated rings. The highest BCUT2D eigenvalue weighted by molar-refractivity contribution is 7.92. The summed E-state index contributed by atoms with van der Waals surface area (Å²) in [6, 6.07) is 3.90. The van der Waals surface area contributed by atoms with Crippen LogP contribution < -0.4 is 4.90 Å². The lowest BCUT2D eigenvalue weighted by atomic mass is 10.1. The van der Waals surface area contributed by atoms with Crippen molar-refractivity contribution in [2.75, 3.05) is 30.4 Å². The van der Waals surface area contributed by atoms with Crippen LogP contribution in [0.15, 0.2) is 18.2 Å². The maximum atomic E-state index is 12.9. The van der Waals surface area contributed by atoms with Gasteiger partial charge in [-0.05, 0) is 25.8 Å². The van der Waals surface area contributed by atoms with E-state index < -0.39 is 9.73 Å². The Kier molecular flexibility index (Phi) is 5.03. The van der Waals surface area contributed by atoms with Crippen molar-refractivity contribution < 1.29 is 8.95 Å². The van der Waals surface area contributed by atoms with E-state index in [-0.39, 0.29) is 11.3 Å². The largest absolute Gasteiger partial charge is 0.377 e. The standard InChI is InChI=1S/C21H24ClN5O2S/c1-13-12-29-8-7-27(13)20-11-17(18-6-3-9-30(18,23)28)25-21(26-20)15-10-19(22)24-16-5-2-4-14(15)16/h2,4,10-11,13,18,23H,3,5-9,12H2,1H3/t13-,18?,30?/m1/s1. The molecule has 1 aliphatic carbocycles. The molecule has 0 spiro atoms. The van der Waals surface area contributed by atoms with Crippen LogP contribution in [0.3, 0.4) is 0 Å². The van der Waals surface area contributed by atoms with E-state index in [1.165, 1.54) is 0 Å². The number of halogens is 1. The fourth-order valence-electron chi connectivity index (χ4n) is 4.50. The molecule has 5 rings (SSSR count). The Balaban J connectivity index is 1.69. The Bertz CT molecular complexity index is 1130. The highest BCUT2D eigenvalue weighted by Gasteiger charge is 2.33. The fourth-order valence-corrected chi connectivity index (χ4v) is 6.65. The van der Waals surface area contributed by atoms with E-state index in [0.29, 0.717) is 42.1 Å². The second-order valence-corrected chi connectivity index (χ2v) is 10.9. The van der Waals surface area contributed by atoms with E-state index in [1.54, 1.807) is 6.07 Å². The number of nitrogens with one attached hydrogen (secondary N) is 1. The number of fused-ring (bicyclic) bond motifs is 1. The summed E-state index contributed by atoms with van der Waals surface area (Å²) in [6.07, 6.45) is 6.32. The molecule has 0 saturated carbocycles. The number of allylic oxidation sites excluding steroid dienone is 1. The molecule has 2 aromatic heterocycles. The number of aromatic nitrogens is 3. The lowest BCUT2D eigenvalue weighted by molar-refractivity contribution is 0.0985. The normalized spacial score (nSPS) is 28.1. The average molecular weight is 446 g/mol. The van der Waals surface area contributed by atoms with Crippen LogP contribution in [0, 0.1) is 4.78 Å². The second-order valence-electron chi connectivity index (χ2n) is 8.11. The first kappa shape index (κ1) is 19.9. The third-order valence-corrected chi connectivity index (χ3v) is 8.53. The quantitative estimate of drug-likeness (QED) is 0.721. The highest BCUT2D eigenvalue weighted by Crippen LogP contribution is 2.38. The van der Waals surface area contributed by atoms with Crippen LogP contribution in [0.5, 0.6) is 0 Å². The predicted octanol–water partition coefficient (Wildman–Crippen LogP) is 3.87. The molecule has 4 heterocycles. The Hall–Kier alpha value is -2.03. The summed E-state index contributed by atoms with van der Waals surface area (Å²) in [4.78, 5) is 16.4. The minimum Gasteiger partial charge on any atom is -0.377 e. The molecule has 2 aromatic rings. The Labute approximate surface area is 181 Å². The molecule has 3 atom stereocenters. The zero-order chi connectivity index (χ0) is 20.9. The van der Waals surface area contributed by atoms with E-state index in [0.717, 1.165) is 42.0 Å². The summed E-state index contributed by atoms with van der Waals surface area (Å²) in [5.74, 6) is 1.77. The van der Waals surface area contributed by atoms with Crippen LogP contribution in [0.4, 0.5) is 5.82 Å². The van der Waals surface area contributed by atoms with Gasteiger partial charge in [-0.3, -0.25) is 4.78 Å². The smallest absolute Gasteiger partial charge is 0.162 e. The van der Waals surface area contributed by atoms with Crippen molar-refractivity contribution in [2.45, 2.75) is 37.5 Å². The van der Waals surface area contributed by atoms with Crippen LogP contribution in [-0.4, -0.2) is 50.7 Å². The van der Waals surface area contributed by atoms with Gasteiger partial charge >= 0.3 is 0 Å². The molecule has 2 aliphatic heterocycles. The van der Waals surface area contributed by atoms with Gasteiger partial charge < -0.3 is 9.64 Å². The summed E-state index contributed by atoms with van der Waals surface area (Å²) in [7, 11) is -2.71. The van der Waals surface area contributed by atoms with Gasteiger partial charge in [-0.2, -0.15) is 0 Å². The zero-order valence-electron chi connectivity index (χ0n) is 16.8. The molecule has 0 radical (unpaired) electrons. The molecule has 1 N–H and O–H groups in total. The first-order valence-corrected chi connectivity index (χ1v) is 12.4. The number of hydrogen-bond acceptors (Lipinski definition) is 7. The van der Waals surface area contributed by atoms with E-state index in [2.05, 4.69) is 22.9 Å². The van der Waals surface area contributed by atoms with Crippen LogP contribution in [-0.2, 0) is 20.9 Å². The van der Waals surface area contributed by atoms with Gasteiger partial charge in [0, 0.05) is 35.9 Å². The number of morpholine rings is 1. The minimum atomic E-state index is -2.71. The predicted molar refractivity (Wildman–Crippen MR) is 118 cm³/mol. The molecule has 7 nitrogen and oxygen atoms in total. The molecule has 0 amide bonds. The number of anilines is 1. The first-order valence-electron chi connectivity index (χ1n) is 10.3. The van der Waals surface area contributed by atoms with Gasteiger partial charge in [0.1, 0.15) is 11.0 Å². The fraction of sp³-hybridized carbons (Fsp3) is 0.476. The monoisotopic (exact) mass is 445 g/mol. The third kappa shape index (κ3) is 3.50. The summed E-state index contributed by atoms with van der Waals surface area (Å²) in [5, 5.41) is 0.0446. The third-order valence-electron chi connectivity index (χ3n) is 6.04. The number of hydrogen-bond donors (Lipinski definition) is 1. The molecule has 0 aromatic carbocycles. The van der Waals surface area contributed by atoms with Crippen LogP contribution in [0.25, 0.3) is 17.5 Å².